The van der Waals surface area contributed by atoms with E-state index in [0.29, 0.717) is 5.69 Å². The Bertz CT molecular complexity index is 584. The first-order valence-electron chi connectivity index (χ1n) is 7.32. The minimum absolute atomic E-state index is 0.0939. The summed E-state index contributed by atoms with van der Waals surface area (Å²) in [4.78, 5) is 27.0. The Kier molecular flexibility index (Phi) is 5.45. The molecule has 0 spiro atoms. The summed E-state index contributed by atoms with van der Waals surface area (Å²) in [6, 6.07) is 7.04. The molecule has 6 heteroatoms. The van der Waals surface area contributed by atoms with Crippen molar-refractivity contribution in [2.45, 2.75) is 50.1 Å². The lowest BCUT2D eigenvalue weighted by Crippen LogP contribution is -2.51. The van der Waals surface area contributed by atoms with E-state index in [-0.39, 0.29) is 12.1 Å². The Hall–Kier alpha value is -2.00. The quantitative estimate of drug-likeness (QED) is 0.517. The van der Waals surface area contributed by atoms with Crippen LogP contribution in [0.4, 0.5) is 5.69 Å². The molecule has 1 saturated heterocycles. The SMILES string of the molecule is CC1CCCC(C)N1C(=O)C(=O)Nc1ccc(SC#N)cc1. The summed E-state index contributed by atoms with van der Waals surface area (Å²) in [6.07, 6.45) is 2.96. The predicted octanol–water partition coefficient (Wildman–Crippen LogP) is 2.99. The summed E-state index contributed by atoms with van der Waals surface area (Å²) in [5.74, 6) is -1.09. The van der Waals surface area contributed by atoms with Crippen LogP contribution >= 0.6 is 11.8 Å². The average molecular weight is 317 g/mol. The fourth-order valence-electron chi connectivity index (χ4n) is 2.78. The molecule has 0 radical (unpaired) electrons. The Morgan fingerprint density at radius 1 is 1.23 bits per heavy atom. The van der Waals surface area contributed by atoms with Gasteiger partial charge in [-0.05, 0) is 69.1 Å². The van der Waals surface area contributed by atoms with Crippen molar-refractivity contribution in [3.05, 3.63) is 24.3 Å². The third-order valence-corrected chi connectivity index (χ3v) is 4.50. The molecule has 2 unspecified atom stereocenters. The Morgan fingerprint density at radius 2 is 1.82 bits per heavy atom. The van der Waals surface area contributed by atoms with Crippen molar-refractivity contribution in [3.63, 3.8) is 0 Å². The van der Waals surface area contributed by atoms with Gasteiger partial charge in [0.05, 0.1) is 0 Å². The summed E-state index contributed by atoms with van der Waals surface area (Å²) >= 11 is 1.05. The van der Waals surface area contributed by atoms with Gasteiger partial charge in [-0.2, -0.15) is 5.26 Å². The van der Waals surface area contributed by atoms with Crippen molar-refractivity contribution in [1.82, 2.24) is 4.90 Å². The lowest BCUT2D eigenvalue weighted by molar-refractivity contribution is -0.147. The number of hydrogen-bond donors (Lipinski definition) is 1. The molecule has 1 heterocycles. The minimum Gasteiger partial charge on any atom is -0.329 e. The Morgan fingerprint density at radius 3 is 2.36 bits per heavy atom. The molecule has 0 aliphatic carbocycles. The number of nitrogens with zero attached hydrogens (tertiary/aromatic N) is 2. The zero-order valence-electron chi connectivity index (χ0n) is 12.7. The number of likely N-dealkylation sites (tertiary alicyclic amines) is 1. The van der Waals surface area contributed by atoms with E-state index >= 15 is 0 Å². The van der Waals surface area contributed by atoms with Crippen LogP contribution in [0.5, 0.6) is 0 Å². The number of rotatable bonds is 2. The number of carbonyl (C=O) groups is 2. The van der Waals surface area contributed by atoms with Gasteiger partial charge in [0.15, 0.2) is 0 Å². The van der Waals surface area contributed by atoms with E-state index in [1.54, 1.807) is 29.2 Å². The van der Waals surface area contributed by atoms with Gasteiger partial charge in [0, 0.05) is 22.7 Å². The number of anilines is 1. The number of nitriles is 1. The summed E-state index contributed by atoms with van der Waals surface area (Å²) in [7, 11) is 0. The second kappa shape index (κ2) is 7.32. The highest BCUT2D eigenvalue weighted by Gasteiger charge is 2.32. The molecule has 2 amide bonds. The molecule has 0 aromatic heterocycles. The Labute approximate surface area is 134 Å². The maximum absolute atomic E-state index is 12.4. The number of piperidine rings is 1. The fraction of sp³-hybridized carbons (Fsp3) is 0.438. The summed E-state index contributed by atoms with van der Waals surface area (Å²) in [5, 5.41) is 13.2. The van der Waals surface area contributed by atoms with Gasteiger partial charge in [-0.3, -0.25) is 9.59 Å². The van der Waals surface area contributed by atoms with Crippen LogP contribution < -0.4 is 5.32 Å². The van der Waals surface area contributed by atoms with Crippen LogP contribution in [-0.2, 0) is 9.59 Å². The molecule has 1 N–H and O–H groups in total. The van der Waals surface area contributed by atoms with E-state index in [1.165, 1.54) is 0 Å². The number of thiocyanates is 1. The first kappa shape index (κ1) is 16.4. The zero-order chi connectivity index (χ0) is 16.1. The van der Waals surface area contributed by atoms with Crippen LogP contribution in [0.25, 0.3) is 0 Å². The monoisotopic (exact) mass is 317 g/mol. The van der Waals surface area contributed by atoms with E-state index in [0.717, 1.165) is 35.9 Å². The molecule has 1 aromatic rings. The molecule has 1 fully saturated rings. The lowest BCUT2D eigenvalue weighted by atomic mass is 9.97. The molecule has 1 aliphatic rings. The summed E-state index contributed by atoms with van der Waals surface area (Å²) in [5.41, 5.74) is 0.554. The second-order valence-corrected chi connectivity index (χ2v) is 6.37. The molecule has 22 heavy (non-hydrogen) atoms. The van der Waals surface area contributed by atoms with Gasteiger partial charge in [-0.15, -0.1) is 0 Å². The van der Waals surface area contributed by atoms with Crippen LogP contribution in [0.1, 0.15) is 33.1 Å². The maximum atomic E-state index is 12.4. The second-order valence-electron chi connectivity index (χ2n) is 5.51. The zero-order valence-corrected chi connectivity index (χ0v) is 13.5. The topological polar surface area (TPSA) is 73.2 Å². The smallest absolute Gasteiger partial charge is 0.313 e. The van der Waals surface area contributed by atoms with Gasteiger partial charge >= 0.3 is 11.8 Å². The highest BCUT2D eigenvalue weighted by Crippen LogP contribution is 2.23. The molecule has 1 aromatic carbocycles. The Balaban J connectivity index is 2.01. The van der Waals surface area contributed by atoms with Crippen LogP contribution in [0.15, 0.2) is 29.2 Å². The molecular formula is C16H19N3O2S. The van der Waals surface area contributed by atoms with E-state index in [1.807, 2.05) is 19.2 Å². The van der Waals surface area contributed by atoms with E-state index < -0.39 is 11.8 Å². The number of carbonyl (C=O) groups excluding carboxylic acids is 2. The van der Waals surface area contributed by atoms with Crippen LogP contribution in [0.3, 0.4) is 0 Å². The number of amides is 2. The van der Waals surface area contributed by atoms with Crippen molar-refractivity contribution in [1.29, 1.82) is 5.26 Å². The van der Waals surface area contributed by atoms with Gasteiger partial charge < -0.3 is 10.2 Å². The molecule has 2 atom stereocenters. The lowest BCUT2D eigenvalue weighted by Gasteiger charge is -2.38. The third-order valence-electron chi connectivity index (χ3n) is 3.90. The van der Waals surface area contributed by atoms with Crippen molar-refractivity contribution >= 4 is 29.3 Å². The molecule has 5 nitrogen and oxygen atoms in total. The molecule has 2 rings (SSSR count). The van der Waals surface area contributed by atoms with Crippen molar-refractivity contribution in [2.75, 3.05) is 5.32 Å². The van der Waals surface area contributed by atoms with Crippen molar-refractivity contribution < 1.29 is 9.59 Å². The first-order valence-corrected chi connectivity index (χ1v) is 8.14. The average Bonchev–Trinajstić information content (AvgIpc) is 2.49. The molecule has 1 aliphatic heterocycles. The van der Waals surface area contributed by atoms with Crippen molar-refractivity contribution in [3.8, 4) is 5.40 Å². The fourth-order valence-corrected chi connectivity index (χ4v) is 3.16. The number of hydrogen-bond acceptors (Lipinski definition) is 4. The molecular weight excluding hydrogens is 298 g/mol. The van der Waals surface area contributed by atoms with Gasteiger partial charge in [0.25, 0.3) is 0 Å². The number of nitrogens with one attached hydrogen (secondary N) is 1. The van der Waals surface area contributed by atoms with E-state index in [9.17, 15) is 9.59 Å². The van der Waals surface area contributed by atoms with E-state index in [2.05, 4.69) is 5.32 Å². The molecule has 0 bridgehead atoms. The predicted molar refractivity (Wildman–Crippen MR) is 86.2 cm³/mol. The minimum atomic E-state index is -0.610. The van der Waals surface area contributed by atoms with Crippen LogP contribution in [-0.4, -0.2) is 28.8 Å². The maximum Gasteiger partial charge on any atom is 0.313 e. The molecule has 116 valence electrons. The largest absolute Gasteiger partial charge is 0.329 e. The van der Waals surface area contributed by atoms with Gasteiger partial charge in [0.2, 0.25) is 0 Å². The van der Waals surface area contributed by atoms with E-state index in [4.69, 9.17) is 5.26 Å². The number of thioether (sulfide) groups is 1. The summed E-state index contributed by atoms with van der Waals surface area (Å²) in [6.45, 7) is 3.96. The van der Waals surface area contributed by atoms with Gasteiger partial charge in [-0.1, -0.05) is 0 Å². The molecule has 0 saturated carbocycles. The van der Waals surface area contributed by atoms with Crippen LogP contribution in [0, 0.1) is 10.7 Å². The third kappa shape index (κ3) is 3.80. The standard InChI is InChI=1S/C16H19N3O2S/c1-11-4-3-5-12(2)19(11)16(21)15(20)18-13-6-8-14(9-7-13)22-10-17/h6-9,11-12H,3-5H2,1-2H3,(H,18,20). The van der Waals surface area contributed by atoms with Crippen LogP contribution in [0.2, 0.25) is 0 Å². The first-order chi connectivity index (χ1) is 10.5. The number of benzene rings is 1. The van der Waals surface area contributed by atoms with Gasteiger partial charge in [0.1, 0.15) is 5.40 Å². The van der Waals surface area contributed by atoms with Gasteiger partial charge in [-0.25, -0.2) is 0 Å². The highest BCUT2D eigenvalue weighted by molar-refractivity contribution is 8.03. The normalized spacial score (nSPS) is 21.0. The summed E-state index contributed by atoms with van der Waals surface area (Å²) < 4.78 is 0. The van der Waals surface area contributed by atoms with Crippen molar-refractivity contribution in [2.24, 2.45) is 0 Å². The highest BCUT2D eigenvalue weighted by atomic mass is 32.2.